The third-order valence-electron chi connectivity index (χ3n) is 2.45. The van der Waals surface area contributed by atoms with E-state index in [0.717, 1.165) is 31.0 Å². The van der Waals surface area contributed by atoms with Crippen molar-refractivity contribution in [1.29, 1.82) is 0 Å². The number of carbonyl (C=O) groups excluding carboxylic acids is 1. The molecule has 2 fully saturated rings. The number of hydrogen-bond donors (Lipinski definition) is 1. The highest BCUT2D eigenvalue weighted by atomic mass is 32.2. The molecule has 3 heteroatoms. The molecule has 0 aliphatic carbocycles. The fourth-order valence-corrected chi connectivity index (χ4v) is 3.07. The zero-order chi connectivity index (χ0) is 7.03. The van der Waals surface area contributed by atoms with Crippen LogP contribution in [0, 0.1) is 5.41 Å². The lowest BCUT2D eigenvalue weighted by Gasteiger charge is -2.16. The van der Waals surface area contributed by atoms with Crippen LogP contribution in [0.15, 0.2) is 0 Å². The van der Waals surface area contributed by atoms with Gasteiger partial charge in [-0.15, -0.1) is 0 Å². The fourth-order valence-electron chi connectivity index (χ4n) is 1.68. The van der Waals surface area contributed by atoms with E-state index in [2.05, 4.69) is 5.32 Å². The molecule has 0 aromatic heterocycles. The van der Waals surface area contributed by atoms with Crippen LogP contribution in [-0.4, -0.2) is 30.4 Å². The molecule has 1 spiro atoms. The van der Waals surface area contributed by atoms with E-state index in [-0.39, 0.29) is 5.41 Å². The Hall–Kier alpha value is -0.0200. The van der Waals surface area contributed by atoms with Crippen molar-refractivity contribution < 1.29 is 4.79 Å². The summed E-state index contributed by atoms with van der Waals surface area (Å²) in [5.41, 5.74) is 0.0602. The van der Waals surface area contributed by atoms with Crippen molar-refractivity contribution in [2.24, 2.45) is 5.41 Å². The lowest BCUT2D eigenvalue weighted by Crippen LogP contribution is -2.31. The first-order valence-corrected chi connectivity index (χ1v) is 4.81. The van der Waals surface area contributed by atoms with Crippen LogP contribution in [0.25, 0.3) is 0 Å². The van der Waals surface area contributed by atoms with Crippen molar-refractivity contribution in [3.63, 3.8) is 0 Å². The van der Waals surface area contributed by atoms with Gasteiger partial charge in [0.2, 0.25) is 0 Å². The van der Waals surface area contributed by atoms with Crippen LogP contribution < -0.4 is 5.32 Å². The highest BCUT2D eigenvalue weighted by Crippen LogP contribution is 2.37. The van der Waals surface area contributed by atoms with Crippen LogP contribution in [0.2, 0.25) is 0 Å². The minimum Gasteiger partial charge on any atom is -0.316 e. The number of rotatable bonds is 0. The molecule has 1 unspecified atom stereocenters. The molecule has 0 radical (unpaired) electrons. The number of nitrogens with one attached hydrogen (secondary N) is 1. The van der Waals surface area contributed by atoms with Crippen LogP contribution in [0.4, 0.5) is 0 Å². The van der Waals surface area contributed by atoms with E-state index in [4.69, 9.17) is 0 Å². The predicted octanol–water partition coefficient (Wildman–Crippen LogP) is 0.282. The van der Waals surface area contributed by atoms with E-state index in [1.807, 2.05) is 0 Å². The van der Waals surface area contributed by atoms with Crippen molar-refractivity contribution in [2.45, 2.75) is 6.42 Å². The Morgan fingerprint density at radius 2 is 2.50 bits per heavy atom. The zero-order valence-electron chi connectivity index (χ0n) is 5.85. The van der Waals surface area contributed by atoms with Crippen molar-refractivity contribution in [3.05, 3.63) is 0 Å². The van der Waals surface area contributed by atoms with Gasteiger partial charge in [0, 0.05) is 12.3 Å². The lowest BCUT2D eigenvalue weighted by atomic mass is 9.86. The predicted molar refractivity (Wildman–Crippen MR) is 42.3 cm³/mol. The van der Waals surface area contributed by atoms with Crippen LogP contribution in [-0.2, 0) is 4.79 Å². The lowest BCUT2D eigenvalue weighted by molar-refractivity contribution is -0.123. The molecule has 2 nitrogen and oxygen atoms in total. The van der Waals surface area contributed by atoms with E-state index in [1.165, 1.54) is 0 Å². The Labute approximate surface area is 64.8 Å². The quantitative estimate of drug-likeness (QED) is 0.547. The third-order valence-corrected chi connectivity index (χ3v) is 3.67. The molecule has 2 aliphatic rings. The van der Waals surface area contributed by atoms with Gasteiger partial charge in [-0.1, -0.05) is 0 Å². The van der Waals surface area contributed by atoms with Crippen molar-refractivity contribution >= 4 is 17.5 Å². The Balaban J connectivity index is 2.19. The van der Waals surface area contributed by atoms with Gasteiger partial charge >= 0.3 is 0 Å². The van der Waals surface area contributed by atoms with Gasteiger partial charge in [0.1, 0.15) is 0 Å². The SMILES string of the molecule is O=C1CSCC12CCNC2. The molecule has 1 N–H and O–H groups in total. The van der Waals surface area contributed by atoms with Crippen LogP contribution in [0.5, 0.6) is 0 Å². The van der Waals surface area contributed by atoms with Crippen LogP contribution in [0.1, 0.15) is 6.42 Å². The van der Waals surface area contributed by atoms with Crippen molar-refractivity contribution in [1.82, 2.24) is 5.32 Å². The van der Waals surface area contributed by atoms with Crippen LogP contribution in [0.3, 0.4) is 0 Å². The first-order valence-electron chi connectivity index (χ1n) is 3.65. The van der Waals surface area contributed by atoms with Gasteiger partial charge in [-0.25, -0.2) is 0 Å². The summed E-state index contributed by atoms with van der Waals surface area (Å²) in [6.45, 7) is 1.96. The standard InChI is InChI=1S/C7H11NOS/c9-6-3-10-5-7(6)1-2-8-4-7/h8H,1-5H2. The van der Waals surface area contributed by atoms with Gasteiger partial charge in [0.15, 0.2) is 5.78 Å². The molecule has 0 saturated carbocycles. The monoisotopic (exact) mass is 157 g/mol. The number of Topliss-reactive ketones (excluding diaryl/α,β-unsaturated/α-hetero) is 1. The molecule has 56 valence electrons. The van der Waals surface area contributed by atoms with Gasteiger partial charge in [0.25, 0.3) is 0 Å². The number of hydrogen-bond acceptors (Lipinski definition) is 3. The highest BCUT2D eigenvalue weighted by Gasteiger charge is 2.44. The summed E-state index contributed by atoms with van der Waals surface area (Å²) in [5.74, 6) is 2.28. The van der Waals surface area contributed by atoms with Gasteiger partial charge in [-0.3, -0.25) is 4.79 Å². The summed E-state index contributed by atoms with van der Waals surface area (Å²) < 4.78 is 0. The number of ketones is 1. The van der Waals surface area contributed by atoms with Gasteiger partial charge in [0.05, 0.1) is 11.2 Å². The molecular formula is C7H11NOS. The van der Waals surface area contributed by atoms with Gasteiger partial charge in [-0.2, -0.15) is 11.8 Å². The molecular weight excluding hydrogens is 146 g/mol. The van der Waals surface area contributed by atoms with E-state index in [1.54, 1.807) is 11.8 Å². The maximum Gasteiger partial charge on any atom is 0.151 e. The number of thioether (sulfide) groups is 1. The largest absolute Gasteiger partial charge is 0.316 e. The minimum atomic E-state index is 0.0602. The third kappa shape index (κ3) is 0.805. The average Bonchev–Trinajstić information content (AvgIpc) is 2.48. The smallest absolute Gasteiger partial charge is 0.151 e. The Kier molecular flexibility index (Phi) is 1.49. The first-order chi connectivity index (χ1) is 4.83. The molecule has 0 amide bonds. The maximum absolute atomic E-state index is 11.3. The Morgan fingerprint density at radius 3 is 3.00 bits per heavy atom. The summed E-state index contributed by atoms with van der Waals surface area (Å²) >= 11 is 1.79. The zero-order valence-corrected chi connectivity index (χ0v) is 6.67. The molecule has 0 aromatic rings. The molecule has 0 bridgehead atoms. The second-order valence-corrected chi connectivity index (χ2v) is 4.11. The van der Waals surface area contributed by atoms with E-state index in [0.29, 0.717) is 5.78 Å². The topological polar surface area (TPSA) is 29.1 Å². The summed E-state index contributed by atoms with van der Waals surface area (Å²) in [6.07, 6.45) is 1.07. The summed E-state index contributed by atoms with van der Waals surface area (Å²) in [6, 6.07) is 0. The van der Waals surface area contributed by atoms with E-state index >= 15 is 0 Å². The fraction of sp³-hybridized carbons (Fsp3) is 0.857. The van der Waals surface area contributed by atoms with Crippen LogP contribution >= 0.6 is 11.8 Å². The first kappa shape index (κ1) is 6.68. The highest BCUT2D eigenvalue weighted by molar-refractivity contribution is 8.00. The maximum atomic E-state index is 11.3. The molecule has 0 aromatic carbocycles. The minimum absolute atomic E-state index is 0.0602. The summed E-state index contributed by atoms with van der Waals surface area (Å²) in [7, 11) is 0. The second kappa shape index (κ2) is 2.24. The normalized spacial score (nSPS) is 39.8. The van der Waals surface area contributed by atoms with E-state index in [9.17, 15) is 4.79 Å². The Morgan fingerprint density at radius 1 is 1.60 bits per heavy atom. The number of carbonyl (C=O) groups is 1. The molecule has 10 heavy (non-hydrogen) atoms. The van der Waals surface area contributed by atoms with Gasteiger partial charge in [-0.05, 0) is 13.0 Å². The second-order valence-electron chi connectivity index (χ2n) is 3.12. The van der Waals surface area contributed by atoms with Crippen molar-refractivity contribution in [3.8, 4) is 0 Å². The molecule has 2 aliphatic heterocycles. The van der Waals surface area contributed by atoms with E-state index < -0.39 is 0 Å². The Bertz CT molecular complexity index is 157. The average molecular weight is 157 g/mol. The molecule has 2 heterocycles. The molecule has 2 rings (SSSR count). The summed E-state index contributed by atoms with van der Waals surface area (Å²) in [5, 5.41) is 3.25. The molecule has 2 saturated heterocycles. The van der Waals surface area contributed by atoms with Crippen molar-refractivity contribution in [2.75, 3.05) is 24.6 Å². The summed E-state index contributed by atoms with van der Waals surface area (Å²) in [4.78, 5) is 11.3. The molecule has 1 atom stereocenters. The van der Waals surface area contributed by atoms with Gasteiger partial charge < -0.3 is 5.32 Å².